The monoisotopic (exact) mass is 354 g/mol. The van der Waals surface area contributed by atoms with Gasteiger partial charge in [0.15, 0.2) is 5.11 Å². The molecule has 0 aliphatic carbocycles. The summed E-state index contributed by atoms with van der Waals surface area (Å²) in [5, 5.41) is 10.3. The van der Waals surface area contributed by atoms with Crippen molar-refractivity contribution in [1.29, 1.82) is 0 Å². The lowest BCUT2D eigenvalue weighted by Crippen LogP contribution is -2.29. The van der Waals surface area contributed by atoms with Gasteiger partial charge in [-0.15, -0.1) is 0 Å². The third-order valence-corrected chi connectivity index (χ3v) is 4.35. The number of aryl methyl sites for hydroxylation is 1. The number of hydrogen-bond donors (Lipinski definition) is 2. The van der Waals surface area contributed by atoms with Gasteiger partial charge in [-0.3, -0.25) is 0 Å². The standard InChI is InChI=1S/C20H19ClN2S/c21-17-10-4-11-18(14-17)23-20(24)22-13-5-9-16-8-3-7-15-6-1-2-12-19(15)16/h1-4,6-8,10-12,14H,5,9,13H2,(H2,22,23,24). The average molecular weight is 355 g/mol. The molecule has 0 unspecified atom stereocenters. The Bertz CT molecular complexity index is 842. The SMILES string of the molecule is S=C(NCCCc1cccc2ccccc12)Nc1cccc(Cl)c1. The Morgan fingerprint density at radius 2 is 1.75 bits per heavy atom. The van der Waals surface area contributed by atoms with E-state index in [1.165, 1.54) is 16.3 Å². The summed E-state index contributed by atoms with van der Waals surface area (Å²) in [6.45, 7) is 0.829. The Morgan fingerprint density at radius 3 is 2.62 bits per heavy atom. The van der Waals surface area contributed by atoms with Crippen LogP contribution in [0.25, 0.3) is 10.8 Å². The maximum absolute atomic E-state index is 5.97. The van der Waals surface area contributed by atoms with Crippen LogP contribution < -0.4 is 10.6 Å². The van der Waals surface area contributed by atoms with Gasteiger partial charge < -0.3 is 10.6 Å². The minimum Gasteiger partial charge on any atom is -0.362 e. The summed E-state index contributed by atoms with van der Waals surface area (Å²) in [5.74, 6) is 0. The molecule has 0 spiro atoms. The number of anilines is 1. The number of benzene rings is 3. The number of fused-ring (bicyclic) bond motifs is 1. The van der Waals surface area contributed by atoms with E-state index in [0.29, 0.717) is 10.1 Å². The molecule has 24 heavy (non-hydrogen) atoms. The first-order valence-corrected chi connectivity index (χ1v) is 8.78. The minimum absolute atomic E-state index is 0.621. The number of halogens is 1. The van der Waals surface area contributed by atoms with E-state index in [9.17, 15) is 0 Å². The largest absolute Gasteiger partial charge is 0.362 e. The van der Waals surface area contributed by atoms with Crippen LogP contribution in [0.5, 0.6) is 0 Å². The third kappa shape index (κ3) is 4.47. The van der Waals surface area contributed by atoms with E-state index >= 15 is 0 Å². The molecule has 2 nitrogen and oxygen atoms in total. The van der Waals surface area contributed by atoms with Crippen LogP contribution in [-0.4, -0.2) is 11.7 Å². The molecule has 0 radical (unpaired) electrons. The molecule has 0 saturated heterocycles. The first kappa shape index (κ1) is 16.7. The molecule has 0 bridgehead atoms. The summed E-state index contributed by atoms with van der Waals surface area (Å²) in [6.07, 6.45) is 2.04. The maximum Gasteiger partial charge on any atom is 0.170 e. The second kappa shape index (κ2) is 8.13. The predicted molar refractivity (Wildman–Crippen MR) is 108 cm³/mol. The van der Waals surface area contributed by atoms with Crippen molar-refractivity contribution in [2.75, 3.05) is 11.9 Å². The molecule has 0 heterocycles. The number of rotatable bonds is 5. The van der Waals surface area contributed by atoms with E-state index in [4.69, 9.17) is 23.8 Å². The molecule has 0 aromatic heterocycles. The fraction of sp³-hybridized carbons (Fsp3) is 0.150. The van der Waals surface area contributed by atoms with Crippen molar-refractivity contribution in [2.45, 2.75) is 12.8 Å². The second-order valence-electron chi connectivity index (χ2n) is 5.63. The van der Waals surface area contributed by atoms with Crippen LogP contribution >= 0.6 is 23.8 Å². The van der Waals surface area contributed by atoms with E-state index in [0.717, 1.165) is 25.1 Å². The molecule has 0 saturated carbocycles. The Kier molecular flexibility index (Phi) is 5.68. The van der Waals surface area contributed by atoms with E-state index in [1.54, 1.807) is 0 Å². The zero-order valence-electron chi connectivity index (χ0n) is 13.3. The number of thiocarbonyl (C=S) groups is 1. The van der Waals surface area contributed by atoms with Gasteiger partial charge in [-0.25, -0.2) is 0 Å². The average Bonchev–Trinajstić information content (AvgIpc) is 2.59. The lowest BCUT2D eigenvalue weighted by molar-refractivity contribution is 0.780. The summed E-state index contributed by atoms with van der Waals surface area (Å²) >= 11 is 11.3. The fourth-order valence-corrected chi connectivity index (χ4v) is 3.14. The molecule has 0 aliphatic rings. The molecule has 0 aliphatic heterocycles. The summed E-state index contributed by atoms with van der Waals surface area (Å²) < 4.78 is 0. The van der Waals surface area contributed by atoms with Crippen molar-refractivity contribution < 1.29 is 0 Å². The predicted octanol–water partition coefficient (Wildman–Crippen LogP) is 5.41. The Morgan fingerprint density at radius 1 is 0.958 bits per heavy atom. The molecule has 122 valence electrons. The molecule has 0 atom stereocenters. The van der Waals surface area contributed by atoms with E-state index < -0.39 is 0 Å². The van der Waals surface area contributed by atoms with Crippen LogP contribution in [0.3, 0.4) is 0 Å². The van der Waals surface area contributed by atoms with Gasteiger partial charge in [0, 0.05) is 17.3 Å². The van der Waals surface area contributed by atoms with Crippen LogP contribution in [-0.2, 0) is 6.42 Å². The van der Waals surface area contributed by atoms with Crippen LogP contribution in [0.4, 0.5) is 5.69 Å². The fourth-order valence-electron chi connectivity index (χ4n) is 2.73. The van der Waals surface area contributed by atoms with Crippen molar-refractivity contribution in [3.05, 3.63) is 77.3 Å². The van der Waals surface area contributed by atoms with E-state index in [2.05, 4.69) is 53.1 Å². The van der Waals surface area contributed by atoms with E-state index in [-0.39, 0.29) is 0 Å². The van der Waals surface area contributed by atoms with E-state index in [1.807, 2.05) is 24.3 Å². The number of hydrogen-bond acceptors (Lipinski definition) is 1. The van der Waals surface area contributed by atoms with Crippen LogP contribution in [0, 0.1) is 0 Å². The molecule has 0 amide bonds. The van der Waals surface area contributed by atoms with Gasteiger partial charge in [-0.2, -0.15) is 0 Å². The normalized spacial score (nSPS) is 10.5. The van der Waals surface area contributed by atoms with Gasteiger partial charge in [0.2, 0.25) is 0 Å². The van der Waals surface area contributed by atoms with Gasteiger partial charge in [0.25, 0.3) is 0 Å². The molecular weight excluding hydrogens is 336 g/mol. The van der Waals surface area contributed by atoms with Crippen LogP contribution in [0.2, 0.25) is 5.02 Å². The summed E-state index contributed by atoms with van der Waals surface area (Å²) in [7, 11) is 0. The highest BCUT2D eigenvalue weighted by atomic mass is 35.5. The first-order chi connectivity index (χ1) is 11.7. The van der Waals surface area contributed by atoms with Crippen LogP contribution in [0.15, 0.2) is 66.7 Å². The topological polar surface area (TPSA) is 24.1 Å². The zero-order valence-corrected chi connectivity index (χ0v) is 14.8. The van der Waals surface area contributed by atoms with Crippen molar-refractivity contribution >= 4 is 45.4 Å². The molecule has 4 heteroatoms. The highest BCUT2D eigenvalue weighted by Crippen LogP contribution is 2.19. The summed E-state index contributed by atoms with van der Waals surface area (Å²) in [4.78, 5) is 0. The zero-order chi connectivity index (χ0) is 16.8. The lowest BCUT2D eigenvalue weighted by Gasteiger charge is -2.11. The smallest absolute Gasteiger partial charge is 0.170 e. The van der Waals surface area contributed by atoms with Crippen molar-refractivity contribution in [2.24, 2.45) is 0 Å². The number of nitrogens with one attached hydrogen (secondary N) is 2. The molecule has 3 rings (SSSR count). The minimum atomic E-state index is 0.621. The summed E-state index contributed by atoms with van der Waals surface area (Å²) in [5.41, 5.74) is 2.28. The quantitative estimate of drug-likeness (QED) is 0.473. The van der Waals surface area contributed by atoms with Crippen molar-refractivity contribution in [3.63, 3.8) is 0 Å². The second-order valence-corrected chi connectivity index (χ2v) is 6.48. The van der Waals surface area contributed by atoms with Crippen LogP contribution in [0.1, 0.15) is 12.0 Å². The molecule has 3 aromatic carbocycles. The van der Waals surface area contributed by atoms with Gasteiger partial charge in [0.05, 0.1) is 0 Å². The highest BCUT2D eigenvalue weighted by Gasteiger charge is 2.01. The van der Waals surface area contributed by atoms with Gasteiger partial charge >= 0.3 is 0 Å². The molecule has 2 N–H and O–H groups in total. The Labute approximate surface area is 152 Å². The molecule has 3 aromatic rings. The lowest BCUT2D eigenvalue weighted by atomic mass is 10.0. The van der Waals surface area contributed by atoms with Gasteiger partial charge in [0.1, 0.15) is 0 Å². The van der Waals surface area contributed by atoms with Gasteiger partial charge in [-0.05, 0) is 59.6 Å². The Balaban J connectivity index is 1.49. The first-order valence-electron chi connectivity index (χ1n) is 7.99. The summed E-state index contributed by atoms with van der Waals surface area (Å²) in [6, 6.07) is 22.5. The molecule has 0 fully saturated rings. The Hall–Kier alpha value is -2.10. The third-order valence-electron chi connectivity index (χ3n) is 3.87. The maximum atomic E-state index is 5.97. The van der Waals surface area contributed by atoms with Gasteiger partial charge in [-0.1, -0.05) is 60.1 Å². The molecular formula is C20H19ClN2S. The highest BCUT2D eigenvalue weighted by molar-refractivity contribution is 7.80. The van der Waals surface area contributed by atoms with Crippen molar-refractivity contribution in [3.8, 4) is 0 Å². The van der Waals surface area contributed by atoms with Crippen molar-refractivity contribution in [1.82, 2.24) is 5.32 Å².